The molecule has 0 aliphatic heterocycles. The van der Waals surface area contributed by atoms with Gasteiger partial charge in [-0.2, -0.15) is 5.10 Å². The second-order valence-electron chi connectivity index (χ2n) is 6.39. The van der Waals surface area contributed by atoms with Crippen LogP contribution in [-0.4, -0.2) is 24.3 Å². The van der Waals surface area contributed by atoms with Gasteiger partial charge in [0.05, 0.1) is 23.4 Å². The molecule has 1 amide bonds. The molecule has 0 fully saturated rings. The number of phenols is 1. The van der Waals surface area contributed by atoms with Crippen molar-refractivity contribution in [2.24, 2.45) is 5.10 Å². The molecule has 2 N–H and O–H groups in total. The number of rotatable bonds is 7. The molecule has 6 nitrogen and oxygen atoms in total. The second kappa shape index (κ2) is 11.2. The largest absolute Gasteiger partial charge is 0.506 e. The number of methoxy groups -OCH3 is 1. The number of amides is 1. The second-order valence-corrected chi connectivity index (χ2v) is 9.42. The number of carbonyl (C=O) groups is 1. The van der Waals surface area contributed by atoms with Gasteiger partial charge in [0, 0.05) is 25.1 Å². The third-order valence-corrected chi connectivity index (χ3v) is 6.38. The molecular weight excluding hydrogens is 631 g/mol. The lowest BCUT2D eigenvalue weighted by Crippen LogP contribution is -2.18. The van der Waals surface area contributed by atoms with E-state index in [0.717, 1.165) is 5.56 Å². The van der Waals surface area contributed by atoms with Crippen molar-refractivity contribution >= 4 is 71.5 Å². The van der Waals surface area contributed by atoms with Crippen molar-refractivity contribution in [1.29, 1.82) is 0 Å². The molecule has 0 bridgehead atoms. The summed E-state index contributed by atoms with van der Waals surface area (Å²) in [6, 6.07) is 14.0. The minimum Gasteiger partial charge on any atom is -0.506 e. The summed E-state index contributed by atoms with van der Waals surface area (Å²) < 4.78 is 13.0. The van der Waals surface area contributed by atoms with Gasteiger partial charge in [-0.3, -0.25) is 4.79 Å². The number of hydrogen-bond donors (Lipinski definition) is 2. The van der Waals surface area contributed by atoms with Gasteiger partial charge in [-0.05, 0) is 62.2 Å². The van der Waals surface area contributed by atoms with Gasteiger partial charge < -0.3 is 14.6 Å². The number of aromatic hydroxyl groups is 1. The summed E-state index contributed by atoms with van der Waals surface area (Å²) in [5.41, 5.74) is 3.96. The van der Waals surface area contributed by atoms with Crippen LogP contribution in [-0.2, 0) is 6.61 Å². The predicted octanol–water partition coefficient (Wildman–Crippen LogP) is 6.68. The molecule has 0 aliphatic carbocycles. The third-order valence-electron chi connectivity index (χ3n) is 4.27. The van der Waals surface area contributed by atoms with Crippen molar-refractivity contribution in [3.8, 4) is 17.2 Å². The fraction of sp³-hybridized carbons (Fsp3) is 0.0909. The van der Waals surface area contributed by atoms with Crippen LogP contribution in [0.5, 0.6) is 17.2 Å². The Morgan fingerprint density at radius 3 is 2.59 bits per heavy atom. The van der Waals surface area contributed by atoms with Gasteiger partial charge in [0.2, 0.25) is 0 Å². The number of hydrazone groups is 1. The lowest BCUT2D eigenvalue weighted by Gasteiger charge is -2.13. The Balaban J connectivity index is 1.74. The molecule has 3 aromatic carbocycles. The first-order chi connectivity index (χ1) is 15.3. The van der Waals surface area contributed by atoms with Gasteiger partial charge in [-0.25, -0.2) is 5.43 Å². The minimum atomic E-state index is -0.566. The average molecular weight is 648 g/mol. The lowest BCUT2D eigenvalue weighted by atomic mass is 10.2. The zero-order chi connectivity index (χ0) is 23.3. The van der Waals surface area contributed by atoms with Crippen molar-refractivity contribution in [3.63, 3.8) is 0 Å². The highest BCUT2D eigenvalue weighted by molar-refractivity contribution is 9.11. The Kier molecular flexibility index (Phi) is 8.58. The summed E-state index contributed by atoms with van der Waals surface area (Å²) >= 11 is 16.1. The first-order valence-corrected chi connectivity index (χ1v) is 11.8. The topological polar surface area (TPSA) is 80.2 Å². The Hall–Kier alpha value is -2.07. The maximum atomic E-state index is 12.4. The molecule has 166 valence electrons. The van der Waals surface area contributed by atoms with E-state index in [0.29, 0.717) is 35.5 Å². The predicted molar refractivity (Wildman–Crippen MR) is 135 cm³/mol. The SMILES string of the molecule is COc1cc(/C=N\NC(=O)c2cc(Br)cc(Br)c2O)c(Br)cc1OCc1ccccc1Cl. The number of benzene rings is 3. The van der Waals surface area contributed by atoms with Crippen LogP contribution in [0.1, 0.15) is 21.5 Å². The number of nitrogens with one attached hydrogen (secondary N) is 1. The molecule has 10 heteroatoms. The highest BCUT2D eigenvalue weighted by Gasteiger charge is 2.15. The van der Waals surface area contributed by atoms with Gasteiger partial charge in [0.15, 0.2) is 11.5 Å². The fourth-order valence-corrected chi connectivity index (χ4v) is 4.49. The summed E-state index contributed by atoms with van der Waals surface area (Å²) in [6.07, 6.45) is 1.45. The molecular formula is C22H16Br3ClN2O4. The van der Waals surface area contributed by atoms with E-state index in [1.807, 2.05) is 18.2 Å². The molecule has 0 heterocycles. The van der Waals surface area contributed by atoms with E-state index < -0.39 is 5.91 Å². The van der Waals surface area contributed by atoms with E-state index in [2.05, 4.69) is 58.3 Å². The van der Waals surface area contributed by atoms with Gasteiger partial charge in [0.1, 0.15) is 12.4 Å². The highest BCUT2D eigenvalue weighted by Crippen LogP contribution is 2.34. The van der Waals surface area contributed by atoms with Crippen LogP contribution in [0.3, 0.4) is 0 Å². The molecule has 3 aromatic rings. The molecule has 0 saturated carbocycles. The maximum Gasteiger partial charge on any atom is 0.275 e. The smallest absolute Gasteiger partial charge is 0.275 e. The molecule has 32 heavy (non-hydrogen) atoms. The van der Waals surface area contributed by atoms with Crippen LogP contribution in [0.25, 0.3) is 0 Å². The van der Waals surface area contributed by atoms with E-state index in [4.69, 9.17) is 21.1 Å². The molecule has 0 aromatic heterocycles. The highest BCUT2D eigenvalue weighted by atomic mass is 79.9. The number of nitrogens with zero attached hydrogens (tertiary/aromatic N) is 1. The van der Waals surface area contributed by atoms with Crippen molar-refractivity contribution in [1.82, 2.24) is 5.43 Å². The zero-order valence-electron chi connectivity index (χ0n) is 16.5. The molecule has 0 aliphatic rings. The summed E-state index contributed by atoms with van der Waals surface area (Å²) in [6.45, 7) is 0.275. The summed E-state index contributed by atoms with van der Waals surface area (Å²) in [5, 5.41) is 14.7. The Labute approximate surface area is 215 Å². The van der Waals surface area contributed by atoms with E-state index >= 15 is 0 Å². The summed E-state index contributed by atoms with van der Waals surface area (Å²) in [4.78, 5) is 12.4. The molecule has 0 spiro atoms. The van der Waals surface area contributed by atoms with Gasteiger partial charge in [-0.1, -0.05) is 45.7 Å². The monoisotopic (exact) mass is 644 g/mol. The number of halogens is 4. The van der Waals surface area contributed by atoms with E-state index in [1.54, 1.807) is 24.3 Å². The lowest BCUT2D eigenvalue weighted by molar-refractivity contribution is 0.0952. The van der Waals surface area contributed by atoms with Crippen molar-refractivity contribution in [3.05, 3.63) is 83.7 Å². The van der Waals surface area contributed by atoms with Crippen LogP contribution in [0.4, 0.5) is 0 Å². The Morgan fingerprint density at radius 2 is 1.88 bits per heavy atom. The molecule has 0 atom stereocenters. The quantitative estimate of drug-likeness (QED) is 0.222. The van der Waals surface area contributed by atoms with Crippen LogP contribution >= 0.6 is 59.4 Å². The van der Waals surface area contributed by atoms with E-state index in [9.17, 15) is 9.90 Å². The van der Waals surface area contributed by atoms with Crippen LogP contribution in [0.15, 0.2) is 67.1 Å². The van der Waals surface area contributed by atoms with Gasteiger partial charge in [0.25, 0.3) is 5.91 Å². The maximum absolute atomic E-state index is 12.4. The van der Waals surface area contributed by atoms with E-state index in [-0.39, 0.29) is 17.9 Å². The Morgan fingerprint density at radius 1 is 1.12 bits per heavy atom. The van der Waals surface area contributed by atoms with Crippen LogP contribution < -0.4 is 14.9 Å². The van der Waals surface area contributed by atoms with Crippen LogP contribution in [0, 0.1) is 0 Å². The first kappa shape index (κ1) is 24.6. The number of ether oxygens (including phenoxy) is 2. The van der Waals surface area contributed by atoms with Crippen molar-refractivity contribution in [2.75, 3.05) is 7.11 Å². The van der Waals surface area contributed by atoms with E-state index in [1.165, 1.54) is 19.4 Å². The zero-order valence-corrected chi connectivity index (χ0v) is 22.0. The standard InChI is InChI=1S/C22H16Br3ClN2O4/c1-31-19-6-13(10-27-28-22(30)15-7-14(23)8-17(25)21(15)29)16(24)9-20(19)32-11-12-4-2-3-5-18(12)26/h2-10,29H,11H2,1H3,(H,28,30)/b27-10-. The normalized spacial score (nSPS) is 10.9. The van der Waals surface area contributed by atoms with Gasteiger partial charge >= 0.3 is 0 Å². The van der Waals surface area contributed by atoms with Crippen molar-refractivity contribution < 1.29 is 19.4 Å². The number of hydrogen-bond acceptors (Lipinski definition) is 5. The summed E-state index contributed by atoms with van der Waals surface area (Å²) in [5.74, 6) is 0.262. The fourth-order valence-electron chi connectivity index (χ4n) is 2.65. The number of phenolic OH excluding ortho intramolecular Hbond substituents is 1. The number of carbonyl (C=O) groups excluding carboxylic acids is 1. The molecule has 0 unspecified atom stereocenters. The minimum absolute atomic E-state index is 0.0726. The first-order valence-electron chi connectivity index (χ1n) is 9.05. The van der Waals surface area contributed by atoms with Crippen LogP contribution in [0.2, 0.25) is 5.02 Å². The molecule has 0 radical (unpaired) electrons. The Bertz CT molecular complexity index is 1190. The third kappa shape index (κ3) is 6.04. The average Bonchev–Trinajstić information content (AvgIpc) is 2.76. The molecule has 0 saturated heterocycles. The van der Waals surface area contributed by atoms with Gasteiger partial charge in [-0.15, -0.1) is 0 Å². The summed E-state index contributed by atoms with van der Waals surface area (Å²) in [7, 11) is 1.53. The molecule has 3 rings (SSSR count). The van der Waals surface area contributed by atoms with Crippen molar-refractivity contribution in [2.45, 2.75) is 6.61 Å².